The van der Waals surface area contributed by atoms with E-state index in [1.165, 1.54) is 0 Å². The fourth-order valence-electron chi connectivity index (χ4n) is 2.79. The van der Waals surface area contributed by atoms with E-state index >= 15 is 0 Å². The van der Waals surface area contributed by atoms with Crippen molar-refractivity contribution in [3.63, 3.8) is 0 Å². The van der Waals surface area contributed by atoms with Gasteiger partial charge in [-0.2, -0.15) is 0 Å². The highest BCUT2D eigenvalue weighted by atomic mass is 16.4. The standard InChI is InChI=1S/C13H23NO3/c1-4-9-7-10(11(8-9)13(16)17)12(15)14(5-2)6-3/h9-11H,4-8H2,1-3H3,(H,16,17). The minimum Gasteiger partial charge on any atom is -0.481 e. The Bertz CT molecular complexity index is 286. The first-order valence-electron chi connectivity index (χ1n) is 6.56. The number of aliphatic carboxylic acids is 1. The van der Waals surface area contributed by atoms with Gasteiger partial charge in [-0.1, -0.05) is 13.3 Å². The van der Waals surface area contributed by atoms with Crippen LogP contribution in [0.2, 0.25) is 0 Å². The lowest BCUT2D eigenvalue weighted by Gasteiger charge is -2.24. The molecule has 1 rings (SSSR count). The maximum atomic E-state index is 12.2. The van der Waals surface area contributed by atoms with Crippen LogP contribution in [0.5, 0.6) is 0 Å². The molecule has 1 fully saturated rings. The molecule has 0 saturated heterocycles. The summed E-state index contributed by atoms with van der Waals surface area (Å²) < 4.78 is 0. The van der Waals surface area contributed by atoms with Crippen molar-refractivity contribution in [1.29, 1.82) is 0 Å². The maximum Gasteiger partial charge on any atom is 0.307 e. The van der Waals surface area contributed by atoms with Crippen LogP contribution in [0.1, 0.15) is 40.0 Å². The molecule has 0 aromatic carbocycles. The van der Waals surface area contributed by atoms with Gasteiger partial charge in [0.15, 0.2) is 0 Å². The predicted octanol–water partition coefficient (Wildman–Crippen LogP) is 1.99. The number of carbonyl (C=O) groups is 2. The molecule has 0 aliphatic heterocycles. The summed E-state index contributed by atoms with van der Waals surface area (Å²) in [7, 11) is 0. The van der Waals surface area contributed by atoms with Gasteiger partial charge in [0.25, 0.3) is 0 Å². The quantitative estimate of drug-likeness (QED) is 0.800. The molecule has 17 heavy (non-hydrogen) atoms. The Balaban J connectivity index is 2.79. The van der Waals surface area contributed by atoms with Crippen LogP contribution in [0.3, 0.4) is 0 Å². The molecule has 0 aromatic rings. The third kappa shape index (κ3) is 2.99. The van der Waals surface area contributed by atoms with Gasteiger partial charge >= 0.3 is 5.97 Å². The van der Waals surface area contributed by atoms with Crippen molar-refractivity contribution < 1.29 is 14.7 Å². The van der Waals surface area contributed by atoms with Gasteiger partial charge in [0, 0.05) is 13.1 Å². The van der Waals surface area contributed by atoms with Gasteiger partial charge in [-0.3, -0.25) is 9.59 Å². The summed E-state index contributed by atoms with van der Waals surface area (Å²) in [6.45, 7) is 7.25. The second-order valence-electron chi connectivity index (χ2n) is 4.81. The zero-order chi connectivity index (χ0) is 13.0. The first kappa shape index (κ1) is 14.0. The van der Waals surface area contributed by atoms with E-state index in [9.17, 15) is 14.7 Å². The Morgan fingerprint density at radius 2 is 1.65 bits per heavy atom. The van der Waals surface area contributed by atoms with Crippen molar-refractivity contribution in [3.05, 3.63) is 0 Å². The number of rotatable bonds is 5. The molecule has 3 atom stereocenters. The van der Waals surface area contributed by atoms with Crippen LogP contribution in [0.15, 0.2) is 0 Å². The smallest absolute Gasteiger partial charge is 0.307 e. The van der Waals surface area contributed by atoms with Crippen LogP contribution < -0.4 is 0 Å². The average Bonchev–Trinajstić information content (AvgIpc) is 2.74. The lowest BCUT2D eigenvalue weighted by Crippen LogP contribution is -2.39. The van der Waals surface area contributed by atoms with Crippen molar-refractivity contribution in [2.45, 2.75) is 40.0 Å². The molecule has 0 aromatic heterocycles. The highest BCUT2D eigenvalue weighted by Crippen LogP contribution is 2.39. The normalized spacial score (nSPS) is 28.1. The molecule has 98 valence electrons. The Morgan fingerprint density at radius 3 is 2.06 bits per heavy atom. The third-order valence-corrected chi connectivity index (χ3v) is 3.95. The lowest BCUT2D eigenvalue weighted by atomic mass is 9.95. The number of amides is 1. The van der Waals surface area contributed by atoms with Gasteiger partial charge in [-0.25, -0.2) is 0 Å². The lowest BCUT2D eigenvalue weighted by molar-refractivity contribution is -0.149. The van der Waals surface area contributed by atoms with E-state index in [2.05, 4.69) is 6.92 Å². The Labute approximate surface area is 103 Å². The van der Waals surface area contributed by atoms with E-state index in [1.54, 1.807) is 4.90 Å². The molecular weight excluding hydrogens is 218 g/mol. The molecule has 1 aliphatic carbocycles. The van der Waals surface area contributed by atoms with Crippen LogP contribution >= 0.6 is 0 Å². The van der Waals surface area contributed by atoms with E-state index < -0.39 is 11.9 Å². The summed E-state index contributed by atoms with van der Waals surface area (Å²) in [4.78, 5) is 25.2. The van der Waals surface area contributed by atoms with E-state index in [4.69, 9.17) is 0 Å². The van der Waals surface area contributed by atoms with Gasteiger partial charge in [0.05, 0.1) is 11.8 Å². The highest BCUT2D eigenvalue weighted by Gasteiger charge is 2.43. The summed E-state index contributed by atoms with van der Waals surface area (Å²) in [5.41, 5.74) is 0. The second-order valence-corrected chi connectivity index (χ2v) is 4.81. The van der Waals surface area contributed by atoms with Crippen molar-refractivity contribution in [1.82, 2.24) is 4.90 Å². The van der Waals surface area contributed by atoms with E-state index in [-0.39, 0.29) is 11.8 Å². The number of carboxylic acid groups (broad SMARTS) is 1. The SMILES string of the molecule is CCC1CC(C(=O)O)C(C(=O)N(CC)CC)C1. The van der Waals surface area contributed by atoms with Crippen molar-refractivity contribution >= 4 is 11.9 Å². The van der Waals surface area contributed by atoms with Gasteiger partial charge in [0.2, 0.25) is 5.91 Å². The highest BCUT2D eigenvalue weighted by molar-refractivity contribution is 5.85. The summed E-state index contributed by atoms with van der Waals surface area (Å²) in [6.07, 6.45) is 2.36. The minimum atomic E-state index is -0.813. The molecule has 1 saturated carbocycles. The Hall–Kier alpha value is -1.06. The summed E-state index contributed by atoms with van der Waals surface area (Å²) >= 11 is 0. The van der Waals surface area contributed by atoms with Crippen molar-refractivity contribution in [2.75, 3.05) is 13.1 Å². The largest absolute Gasteiger partial charge is 0.481 e. The van der Waals surface area contributed by atoms with Gasteiger partial charge in [0.1, 0.15) is 0 Å². The molecule has 1 N–H and O–H groups in total. The molecule has 1 aliphatic rings. The monoisotopic (exact) mass is 241 g/mol. The fraction of sp³-hybridized carbons (Fsp3) is 0.846. The predicted molar refractivity (Wildman–Crippen MR) is 65.6 cm³/mol. The first-order valence-corrected chi connectivity index (χ1v) is 6.56. The molecule has 0 bridgehead atoms. The van der Waals surface area contributed by atoms with Gasteiger partial charge in [-0.15, -0.1) is 0 Å². The van der Waals surface area contributed by atoms with Crippen LogP contribution in [0, 0.1) is 17.8 Å². The van der Waals surface area contributed by atoms with E-state index in [1.807, 2.05) is 13.8 Å². The molecule has 4 nitrogen and oxygen atoms in total. The Morgan fingerprint density at radius 1 is 1.12 bits per heavy atom. The minimum absolute atomic E-state index is 0.0263. The number of carboxylic acids is 1. The van der Waals surface area contributed by atoms with Crippen LogP contribution in [-0.2, 0) is 9.59 Å². The number of hydrogen-bond acceptors (Lipinski definition) is 2. The molecule has 3 unspecified atom stereocenters. The van der Waals surface area contributed by atoms with E-state index in [0.29, 0.717) is 25.4 Å². The number of carbonyl (C=O) groups excluding carboxylic acids is 1. The zero-order valence-electron chi connectivity index (χ0n) is 11.0. The maximum absolute atomic E-state index is 12.2. The van der Waals surface area contributed by atoms with Crippen LogP contribution in [0.4, 0.5) is 0 Å². The van der Waals surface area contributed by atoms with Gasteiger partial charge in [-0.05, 0) is 32.6 Å². The molecular formula is C13H23NO3. The molecule has 0 radical (unpaired) electrons. The molecule has 0 spiro atoms. The summed E-state index contributed by atoms with van der Waals surface area (Å²) in [6, 6.07) is 0. The van der Waals surface area contributed by atoms with Crippen LogP contribution in [-0.4, -0.2) is 35.0 Å². The van der Waals surface area contributed by atoms with E-state index in [0.717, 1.165) is 12.8 Å². The third-order valence-electron chi connectivity index (χ3n) is 3.95. The van der Waals surface area contributed by atoms with Gasteiger partial charge < -0.3 is 10.0 Å². The zero-order valence-corrected chi connectivity index (χ0v) is 11.0. The topological polar surface area (TPSA) is 57.6 Å². The fourth-order valence-corrected chi connectivity index (χ4v) is 2.79. The molecule has 0 heterocycles. The van der Waals surface area contributed by atoms with Crippen molar-refractivity contribution in [3.8, 4) is 0 Å². The van der Waals surface area contributed by atoms with Crippen LogP contribution in [0.25, 0.3) is 0 Å². The first-order chi connectivity index (χ1) is 8.04. The number of hydrogen-bond donors (Lipinski definition) is 1. The second kappa shape index (κ2) is 6.03. The average molecular weight is 241 g/mol. The molecule has 4 heteroatoms. The Kier molecular flexibility index (Phi) is 4.97. The summed E-state index contributed by atoms with van der Waals surface area (Å²) in [5, 5.41) is 9.20. The number of nitrogens with zero attached hydrogens (tertiary/aromatic N) is 1. The summed E-state index contributed by atoms with van der Waals surface area (Å²) in [5.74, 6) is -1.18. The van der Waals surface area contributed by atoms with Crippen molar-refractivity contribution in [2.24, 2.45) is 17.8 Å². The molecule has 1 amide bonds.